The Morgan fingerprint density at radius 1 is 1.23 bits per heavy atom. The Labute approximate surface area is 75.2 Å². The van der Waals surface area contributed by atoms with Crippen LogP contribution in [0, 0.1) is 0 Å². The van der Waals surface area contributed by atoms with Gasteiger partial charge in [-0.15, -0.1) is 0 Å². The van der Waals surface area contributed by atoms with E-state index in [1.807, 2.05) is 0 Å². The third-order valence-electron chi connectivity index (χ3n) is 1.13. The highest BCUT2D eigenvalue weighted by Crippen LogP contribution is 2.11. The summed E-state index contributed by atoms with van der Waals surface area (Å²) in [7, 11) is -4.26. The van der Waals surface area contributed by atoms with Crippen molar-refractivity contribution in [2.75, 3.05) is 6.86 Å². The molecule has 0 atom stereocenters. The first-order chi connectivity index (χ1) is 6.14. The molecule has 0 fully saturated rings. The van der Waals surface area contributed by atoms with Crippen LogP contribution < -0.4 is 4.18 Å². The fourth-order valence-electron chi connectivity index (χ4n) is 0.673. The van der Waals surface area contributed by atoms with E-state index in [0.29, 0.717) is 0 Å². The van der Waals surface area contributed by atoms with Gasteiger partial charge in [-0.25, -0.2) is 8.57 Å². The van der Waals surface area contributed by atoms with Crippen molar-refractivity contribution in [3.63, 3.8) is 0 Å². The lowest BCUT2D eigenvalue weighted by Gasteiger charge is -2.03. The van der Waals surface area contributed by atoms with Crippen LogP contribution in [-0.2, 0) is 14.6 Å². The number of benzene rings is 1. The summed E-state index contributed by atoms with van der Waals surface area (Å²) >= 11 is 0. The van der Waals surface area contributed by atoms with Crippen LogP contribution in [0.25, 0.3) is 0 Å². The van der Waals surface area contributed by atoms with Crippen LogP contribution in [-0.4, -0.2) is 15.3 Å². The van der Waals surface area contributed by atoms with Gasteiger partial charge in [0.1, 0.15) is 5.75 Å². The summed E-state index contributed by atoms with van der Waals surface area (Å²) in [5.74, 6) is 0.0796. The Balaban J connectivity index is 2.70. The van der Waals surface area contributed by atoms with Crippen molar-refractivity contribution in [1.29, 1.82) is 0 Å². The monoisotopic (exact) mass is 206 g/mol. The summed E-state index contributed by atoms with van der Waals surface area (Å²) in [5, 5.41) is 0. The van der Waals surface area contributed by atoms with Gasteiger partial charge in [-0.3, -0.25) is 0 Å². The fourth-order valence-corrected chi connectivity index (χ4v) is 1.18. The molecule has 1 rings (SSSR count). The molecular weight excluding hydrogens is 199 g/mol. The van der Waals surface area contributed by atoms with Gasteiger partial charge in [-0.1, -0.05) is 18.2 Å². The zero-order valence-corrected chi connectivity index (χ0v) is 7.33. The average Bonchev–Trinajstić information content (AvgIpc) is 2.04. The SMILES string of the molecule is O=S(=O)(OCF)Oc1ccccc1. The van der Waals surface area contributed by atoms with Gasteiger partial charge in [0.05, 0.1) is 0 Å². The van der Waals surface area contributed by atoms with Crippen LogP contribution in [0.15, 0.2) is 30.3 Å². The third kappa shape index (κ3) is 3.39. The van der Waals surface area contributed by atoms with Crippen LogP contribution in [0.3, 0.4) is 0 Å². The molecule has 0 spiro atoms. The molecule has 0 aliphatic rings. The van der Waals surface area contributed by atoms with E-state index in [1.165, 1.54) is 12.1 Å². The predicted octanol–water partition coefficient (Wildman–Crippen LogP) is 1.25. The second kappa shape index (κ2) is 4.20. The molecule has 1 aromatic carbocycles. The zero-order valence-electron chi connectivity index (χ0n) is 6.51. The Hall–Kier alpha value is -1.14. The molecule has 4 nitrogen and oxygen atoms in total. The van der Waals surface area contributed by atoms with Gasteiger partial charge in [-0.2, -0.15) is 8.42 Å². The molecule has 0 saturated carbocycles. The predicted molar refractivity (Wildman–Crippen MR) is 43.0 cm³/mol. The maximum atomic E-state index is 11.5. The first-order valence-corrected chi connectivity index (χ1v) is 4.67. The molecule has 0 aromatic heterocycles. The number of hydrogen-bond donors (Lipinski definition) is 0. The minimum atomic E-state index is -4.26. The van der Waals surface area contributed by atoms with E-state index in [1.54, 1.807) is 18.2 Å². The maximum Gasteiger partial charge on any atom is 0.451 e. The van der Waals surface area contributed by atoms with Crippen molar-refractivity contribution in [1.82, 2.24) is 0 Å². The van der Waals surface area contributed by atoms with Crippen molar-refractivity contribution in [3.8, 4) is 5.75 Å². The summed E-state index contributed by atoms with van der Waals surface area (Å²) in [5.41, 5.74) is 0. The van der Waals surface area contributed by atoms with Crippen molar-refractivity contribution in [2.24, 2.45) is 0 Å². The summed E-state index contributed by atoms with van der Waals surface area (Å²) in [6.45, 7) is -1.44. The van der Waals surface area contributed by atoms with E-state index in [0.717, 1.165) is 0 Å². The summed E-state index contributed by atoms with van der Waals surface area (Å²) in [6, 6.07) is 7.69. The van der Waals surface area contributed by atoms with E-state index in [9.17, 15) is 12.8 Å². The molecule has 0 aliphatic heterocycles. The molecule has 0 aliphatic carbocycles. The lowest BCUT2D eigenvalue weighted by molar-refractivity contribution is 0.177. The number of alkyl halides is 1. The number of halogens is 1. The minimum absolute atomic E-state index is 0.0796. The summed E-state index contributed by atoms with van der Waals surface area (Å²) in [6.07, 6.45) is 0. The molecule has 0 saturated heterocycles. The number of rotatable bonds is 4. The van der Waals surface area contributed by atoms with E-state index < -0.39 is 17.3 Å². The lowest BCUT2D eigenvalue weighted by atomic mass is 10.3. The molecule has 6 heteroatoms. The largest absolute Gasteiger partial charge is 0.451 e. The Kier molecular flexibility index (Phi) is 3.21. The van der Waals surface area contributed by atoms with E-state index in [-0.39, 0.29) is 5.75 Å². The van der Waals surface area contributed by atoms with Crippen molar-refractivity contribution in [2.45, 2.75) is 0 Å². The first-order valence-electron chi connectivity index (χ1n) is 3.34. The normalized spacial score (nSPS) is 11.2. The molecule has 72 valence electrons. The molecule has 0 bridgehead atoms. The van der Waals surface area contributed by atoms with Gasteiger partial charge < -0.3 is 4.18 Å². The highest BCUT2D eigenvalue weighted by molar-refractivity contribution is 7.82. The van der Waals surface area contributed by atoms with Gasteiger partial charge in [0.2, 0.25) is 6.86 Å². The van der Waals surface area contributed by atoms with Crippen LogP contribution in [0.5, 0.6) is 5.75 Å². The van der Waals surface area contributed by atoms with Gasteiger partial charge in [-0.05, 0) is 12.1 Å². The van der Waals surface area contributed by atoms with Gasteiger partial charge in [0.15, 0.2) is 0 Å². The highest BCUT2D eigenvalue weighted by Gasteiger charge is 2.12. The number of para-hydroxylation sites is 1. The quantitative estimate of drug-likeness (QED) is 0.744. The zero-order chi connectivity index (χ0) is 9.73. The molecule has 0 unspecified atom stereocenters. The van der Waals surface area contributed by atoms with Crippen LogP contribution >= 0.6 is 0 Å². The Morgan fingerprint density at radius 3 is 2.38 bits per heavy atom. The van der Waals surface area contributed by atoms with Crippen LogP contribution in [0.2, 0.25) is 0 Å². The second-order valence-corrected chi connectivity index (χ2v) is 3.25. The lowest BCUT2D eigenvalue weighted by Crippen LogP contribution is -2.12. The summed E-state index contributed by atoms with van der Waals surface area (Å²) in [4.78, 5) is 0. The molecule has 1 aromatic rings. The standard InChI is InChI=1S/C7H7FO4S/c8-6-11-13(9,10)12-7-4-2-1-3-5-7/h1-5H,6H2. The highest BCUT2D eigenvalue weighted by atomic mass is 32.3. The van der Waals surface area contributed by atoms with E-state index in [4.69, 9.17) is 0 Å². The minimum Gasteiger partial charge on any atom is -0.362 e. The molecular formula is C7H7FO4S. The number of hydrogen-bond acceptors (Lipinski definition) is 4. The Bertz CT molecular complexity index is 348. The average molecular weight is 206 g/mol. The Morgan fingerprint density at radius 2 is 1.85 bits per heavy atom. The van der Waals surface area contributed by atoms with Gasteiger partial charge >= 0.3 is 10.4 Å². The molecule has 0 radical (unpaired) electrons. The van der Waals surface area contributed by atoms with Crippen LogP contribution in [0.4, 0.5) is 4.39 Å². The van der Waals surface area contributed by atoms with Crippen LogP contribution in [0.1, 0.15) is 0 Å². The summed E-state index contributed by atoms with van der Waals surface area (Å²) < 4.78 is 41.0. The molecule has 0 amide bonds. The first kappa shape index (κ1) is 9.94. The van der Waals surface area contributed by atoms with Crippen molar-refractivity contribution >= 4 is 10.4 Å². The van der Waals surface area contributed by atoms with Crippen molar-refractivity contribution < 1.29 is 21.2 Å². The second-order valence-electron chi connectivity index (χ2n) is 2.03. The molecule has 0 heterocycles. The maximum absolute atomic E-state index is 11.5. The van der Waals surface area contributed by atoms with Crippen molar-refractivity contribution in [3.05, 3.63) is 30.3 Å². The topological polar surface area (TPSA) is 52.6 Å². The molecule has 0 N–H and O–H groups in total. The van der Waals surface area contributed by atoms with E-state index in [2.05, 4.69) is 8.37 Å². The fraction of sp³-hybridized carbons (Fsp3) is 0.143. The van der Waals surface area contributed by atoms with Gasteiger partial charge in [0, 0.05) is 0 Å². The van der Waals surface area contributed by atoms with E-state index >= 15 is 0 Å². The molecule has 13 heavy (non-hydrogen) atoms. The van der Waals surface area contributed by atoms with Gasteiger partial charge in [0.25, 0.3) is 0 Å². The third-order valence-corrected chi connectivity index (χ3v) is 1.90. The smallest absolute Gasteiger partial charge is 0.362 e.